The lowest BCUT2D eigenvalue weighted by molar-refractivity contribution is 0.619. The van der Waals surface area contributed by atoms with Gasteiger partial charge in [-0.15, -0.1) is 6.58 Å². The van der Waals surface area contributed by atoms with Gasteiger partial charge in [-0.3, -0.25) is 0 Å². The second kappa shape index (κ2) is 4.65. The zero-order valence-corrected chi connectivity index (χ0v) is 8.31. The van der Waals surface area contributed by atoms with Crippen molar-refractivity contribution in [3.05, 3.63) is 36.2 Å². The van der Waals surface area contributed by atoms with Crippen LogP contribution >= 0.6 is 0 Å². The maximum atomic E-state index is 13.0. The Hall–Kier alpha value is -1.51. The number of aryl methyl sites for hydroxylation is 1. The highest BCUT2D eigenvalue weighted by Gasteiger charge is 2.03. The topological polar surface area (TPSA) is 38.0 Å². The van der Waals surface area contributed by atoms with Crippen LogP contribution < -0.4 is 11.1 Å². The van der Waals surface area contributed by atoms with Crippen LogP contribution in [0.15, 0.2) is 24.8 Å². The Bertz CT molecular complexity index is 334. The molecule has 0 aliphatic carbocycles. The van der Waals surface area contributed by atoms with Crippen LogP contribution in [-0.2, 0) is 0 Å². The quantitative estimate of drug-likeness (QED) is 0.439. The number of halogens is 1. The fraction of sp³-hybridized carbons (Fsp3) is 0.273. The molecule has 0 fully saturated rings. The first-order chi connectivity index (χ1) is 6.65. The first-order valence-corrected chi connectivity index (χ1v) is 4.55. The van der Waals surface area contributed by atoms with Crippen molar-refractivity contribution in [3.8, 4) is 0 Å². The molecule has 0 aliphatic heterocycles. The molecule has 3 heteroatoms. The van der Waals surface area contributed by atoms with Gasteiger partial charge in [-0.1, -0.05) is 6.08 Å². The van der Waals surface area contributed by atoms with E-state index in [-0.39, 0.29) is 5.82 Å². The van der Waals surface area contributed by atoms with Crippen molar-refractivity contribution in [2.24, 2.45) is 0 Å². The number of nitrogen functional groups attached to an aromatic ring is 1. The van der Waals surface area contributed by atoms with Crippen LogP contribution in [0, 0.1) is 12.7 Å². The molecule has 0 atom stereocenters. The van der Waals surface area contributed by atoms with Crippen LogP contribution in [0.2, 0.25) is 0 Å². The standard InChI is InChI=1S/C11H15FN2/c1-3-4-5-14-11-6-8(2)9(12)7-10(11)13/h3,6-7,14H,1,4-5,13H2,2H3. The lowest BCUT2D eigenvalue weighted by atomic mass is 10.2. The van der Waals surface area contributed by atoms with Crippen molar-refractivity contribution >= 4 is 11.4 Å². The number of benzene rings is 1. The summed E-state index contributed by atoms with van der Waals surface area (Å²) < 4.78 is 13.0. The summed E-state index contributed by atoms with van der Waals surface area (Å²) in [4.78, 5) is 0. The van der Waals surface area contributed by atoms with Crippen LogP contribution in [0.4, 0.5) is 15.8 Å². The molecule has 14 heavy (non-hydrogen) atoms. The van der Waals surface area contributed by atoms with E-state index in [9.17, 15) is 4.39 Å². The molecule has 0 unspecified atom stereocenters. The van der Waals surface area contributed by atoms with Gasteiger partial charge in [-0.05, 0) is 31.0 Å². The average molecular weight is 194 g/mol. The van der Waals surface area contributed by atoms with Gasteiger partial charge in [0.25, 0.3) is 0 Å². The minimum absolute atomic E-state index is 0.267. The van der Waals surface area contributed by atoms with Gasteiger partial charge in [0.2, 0.25) is 0 Å². The summed E-state index contributed by atoms with van der Waals surface area (Å²) in [5.74, 6) is -0.267. The predicted octanol–water partition coefficient (Wildman–Crippen LogP) is 2.70. The van der Waals surface area contributed by atoms with Gasteiger partial charge in [0, 0.05) is 6.54 Å². The molecule has 1 aromatic rings. The second-order valence-electron chi connectivity index (χ2n) is 3.19. The van der Waals surface area contributed by atoms with E-state index in [2.05, 4.69) is 11.9 Å². The van der Waals surface area contributed by atoms with Crippen molar-refractivity contribution in [1.29, 1.82) is 0 Å². The molecule has 76 valence electrons. The number of anilines is 2. The van der Waals surface area contributed by atoms with E-state index in [0.29, 0.717) is 11.3 Å². The number of rotatable bonds is 4. The van der Waals surface area contributed by atoms with Crippen molar-refractivity contribution < 1.29 is 4.39 Å². The van der Waals surface area contributed by atoms with E-state index < -0.39 is 0 Å². The van der Waals surface area contributed by atoms with Crippen LogP contribution in [-0.4, -0.2) is 6.54 Å². The SMILES string of the molecule is C=CCCNc1cc(C)c(F)cc1N. The third kappa shape index (κ3) is 2.49. The molecule has 3 N–H and O–H groups in total. The van der Waals surface area contributed by atoms with Crippen LogP contribution in [0.5, 0.6) is 0 Å². The summed E-state index contributed by atoms with van der Waals surface area (Å²) >= 11 is 0. The predicted molar refractivity (Wildman–Crippen MR) is 58.9 cm³/mol. The second-order valence-corrected chi connectivity index (χ2v) is 3.19. The van der Waals surface area contributed by atoms with E-state index in [1.165, 1.54) is 6.07 Å². The highest BCUT2D eigenvalue weighted by atomic mass is 19.1. The minimum Gasteiger partial charge on any atom is -0.397 e. The lowest BCUT2D eigenvalue weighted by Crippen LogP contribution is -2.04. The maximum absolute atomic E-state index is 13.0. The van der Waals surface area contributed by atoms with Crippen LogP contribution in [0.1, 0.15) is 12.0 Å². The Morgan fingerprint density at radius 1 is 1.57 bits per heavy atom. The fourth-order valence-corrected chi connectivity index (χ4v) is 1.16. The Labute approximate surface area is 83.6 Å². The summed E-state index contributed by atoms with van der Waals surface area (Å²) in [5, 5.41) is 3.12. The molecule has 0 aliphatic rings. The molecule has 1 rings (SSSR count). The highest BCUT2D eigenvalue weighted by Crippen LogP contribution is 2.22. The smallest absolute Gasteiger partial charge is 0.128 e. The van der Waals surface area contributed by atoms with Crippen LogP contribution in [0.25, 0.3) is 0 Å². The van der Waals surface area contributed by atoms with Crippen molar-refractivity contribution in [2.45, 2.75) is 13.3 Å². The van der Waals surface area contributed by atoms with Crippen molar-refractivity contribution in [1.82, 2.24) is 0 Å². The summed E-state index contributed by atoms with van der Waals surface area (Å²) in [6, 6.07) is 3.05. The zero-order chi connectivity index (χ0) is 10.6. The number of nitrogens with one attached hydrogen (secondary N) is 1. The minimum atomic E-state index is -0.267. The zero-order valence-electron chi connectivity index (χ0n) is 8.31. The maximum Gasteiger partial charge on any atom is 0.128 e. The molecule has 0 aromatic heterocycles. The third-order valence-electron chi connectivity index (χ3n) is 1.99. The molecule has 0 saturated heterocycles. The first kappa shape index (κ1) is 10.6. The van der Waals surface area contributed by atoms with E-state index >= 15 is 0 Å². The monoisotopic (exact) mass is 194 g/mol. The number of hydrogen-bond donors (Lipinski definition) is 2. The van der Waals surface area contributed by atoms with Crippen molar-refractivity contribution in [3.63, 3.8) is 0 Å². The molecule has 0 radical (unpaired) electrons. The molecular weight excluding hydrogens is 179 g/mol. The Morgan fingerprint density at radius 2 is 2.29 bits per heavy atom. The molecule has 0 bridgehead atoms. The fourth-order valence-electron chi connectivity index (χ4n) is 1.16. The third-order valence-corrected chi connectivity index (χ3v) is 1.99. The average Bonchev–Trinajstić information content (AvgIpc) is 2.14. The molecule has 0 heterocycles. The summed E-state index contributed by atoms with van der Waals surface area (Å²) in [7, 11) is 0. The van der Waals surface area contributed by atoms with E-state index in [0.717, 1.165) is 18.7 Å². The summed E-state index contributed by atoms with van der Waals surface area (Å²) in [6.45, 7) is 6.09. The van der Waals surface area contributed by atoms with E-state index in [1.54, 1.807) is 13.0 Å². The molecule has 2 nitrogen and oxygen atoms in total. The van der Waals surface area contributed by atoms with Gasteiger partial charge in [0.1, 0.15) is 5.82 Å². The van der Waals surface area contributed by atoms with E-state index in [1.807, 2.05) is 6.08 Å². The molecule has 0 spiro atoms. The normalized spacial score (nSPS) is 9.86. The molecule has 1 aromatic carbocycles. The van der Waals surface area contributed by atoms with Gasteiger partial charge in [-0.2, -0.15) is 0 Å². The van der Waals surface area contributed by atoms with Crippen LogP contribution in [0.3, 0.4) is 0 Å². The number of hydrogen-bond acceptors (Lipinski definition) is 2. The molecular formula is C11H15FN2. The number of nitrogens with two attached hydrogens (primary N) is 1. The van der Waals surface area contributed by atoms with Gasteiger partial charge < -0.3 is 11.1 Å². The summed E-state index contributed by atoms with van der Waals surface area (Å²) in [6.07, 6.45) is 2.68. The molecule has 0 amide bonds. The Balaban J connectivity index is 2.76. The van der Waals surface area contributed by atoms with Gasteiger partial charge in [0.15, 0.2) is 0 Å². The highest BCUT2D eigenvalue weighted by molar-refractivity contribution is 5.67. The lowest BCUT2D eigenvalue weighted by Gasteiger charge is -2.09. The Morgan fingerprint density at radius 3 is 2.93 bits per heavy atom. The summed E-state index contributed by atoms with van der Waals surface area (Å²) in [5.41, 5.74) is 7.47. The largest absolute Gasteiger partial charge is 0.397 e. The van der Waals surface area contributed by atoms with Gasteiger partial charge in [0.05, 0.1) is 11.4 Å². The van der Waals surface area contributed by atoms with E-state index in [4.69, 9.17) is 5.73 Å². The first-order valence-electron chi connectivity index (χ1n) is 4.55. The van der Waals surface area contributed by atoms with Gasteiger partial charge >= 0.3 is 0 Å². The van der Waals surface area contributed by atoms with Crippen molar-refractivity contribution in [2.75, 3.05) is 17.6 Å². The molecule has 0 saturated carbocycles. The Kier molecular flexibility index (Phi) is 3.51. The van der Waals surface area contributed by atoms with Gasteiger partial charge in [-0.25, -0.2) is 4.39 Å².